The van der Waals surface area contributed by atoms with E-state index in [1.807, 2.05) is 0 Å². The zero-order valence-corrected chi connectivity index (χ0v) is 13.5. The molecule has 0 aromatic heterocycles. The molecule has 1 aliphatic heterocycles. The second-order valence-electron chi connectivity index (χ2n) is 8.56. The average molecular weight is 282 g/mol. The van der Waals surface area contributed by atoms with Crippen molar-refractivity contribution >= 4 is 11.9 Å². The van der Waals surface area contributed by atoms with Crippen LogP contribution in [0.5, 0.6) is 0 Å². The van der Waals surface area contributed by atoms with Crippen molar-refractivity contribution in [1.29, 1.82) is 0 Å². The van der Waals surface area contributed by atoms with Crippen molar-refractivity contribution in [3.8, 4) is 0 Å². The van der Waals surface area contributed by atoms with Crippen molar-refractivity contribution in [3.05, 3.63) is 0 Å². The third kappa shape index (κ3) is 2.70. The summed E-state index contributed by atoms with van der Waals surface area (Å²) in [5.41, 5.74) is -1.18. The van der Waals surface area contributed by atoms with Gasteiger partial charge in [-0.05, 0) is 30.6 Å². The third-order valence-corrected chi connectivity index (χ3v) is 4.53. The highest BCUT2D eigenvalue weighted by Crippen LogP contribution is 2.68. The SMILES string of the molecule is CC(C)(C)CC1(C(=O)OC2(C)COC(=O)C2)CC1(C)C. The van der Waals surface area contributed by atoms with Gasteiger partial charge in [-0.2, -0.15) is 0 Å². The molecule has 2 aliphatic rings. The predicted molar refractivity (Wildman–Crippen MR) is 75.0 cm³/mol. The lowest BCUT2D eigenvalue weighted by molar-refractivity contribution is -0.168. The predicted octanol–water partition coefficient (Wildman–Crippen LogP) is 3.09. The van der Waals surface area contributed by atoms with Gasteiger partial charge < -0.3 is 9.47 Å². The summed E-state index contributed by atoms with van der Waals surface area (Å²) < 4.78 is 10.6. The molecule has 0 bridgehead atoms. The monoisotopic (exact) mass is 282 g/mol. The van der Waals surface area contributed by atoms with E-state index in [9.17, 15) is 9.59 Å². The van der Waals surface area contributed by atoms with Gasteiger partial charge in [-0.1, -0.05) is 34.6 Å². The zero-order chi connectivity index (χ0) is 15.4. The van der Waals surface area contributed by atoms with Gasteiger partial charge in [0.1, 0.15) is 6.61 Å². The number of ether oxygens (including phenoxy) is 2. The Morgan fingerprint density at radius 1 is 1.30 bits per heavy atom. The van der Waals surface area contributed by atoms with Gasteiger partial charge in [0.25, 0.3) is 0 Å². The van der Waals surface area contributed by atoms with Gasteiger partial charge in [0.05, 0.1) is 11.8 Å². The van der Waals surface area contributed by atoms with Crippen LogP contribution in [0, 0.1) is 16.2 Å². The van der Waals surface area contributed by atoms with Crippen LogP contribution in [0.25, 0.3) is 0 Å². The van der Waals surface area contributed by atoms with E-state index in [-0.39, 0.29) is 35.8 Å². The van der Waals surface area contributed by atoms with E-state index in [1.54, 1.807) is 6.92 Å². The van der Waals surface area contributed by atoms with E-state index in [1.165, 1.54) is 0 Å². The molecule has 4 heteroatoms. The number of carbonyl (C=O) groups excluding carboxylic acids is 2. The Morgan fingerprint density at radius 2 is 1.85 bits per heavy atom. The Balaban J connectivity index is 2.12. The maximum absolute atomic E-state index is 12.7. The van der Waals surface area contributed by atoms with E-state index in [0.29, 0.717) is 0 Å². The number of hydrogen-bond donors (Lipinski definition) is 0. The molecule has 2 unspecified atom stereocenters. The Labute approximate surface area is 121 Å². The number of cyclic esters (lactones) is 1. The highest BCUT2D eigenvalue weighted by atomic mass is 16.6. The Bertz CT molecular complexity index is 446. The van der Waals surface area contributed by atoms with E-state index >= 15 is 0 Å². The molecule has 2 rings (SSSR count). The highest BCUT2D eigenvalue weighted by Gasteiger charge is 2.68. The van der Waals surface area contributed by atoms with Crippen molar-refractivity contribution in [2.75, 3.05) is 6.61 Å². The van der Waals surface area contributed by atoms with E-state index in [2.05, 4.69) is 34.6 Å². The van der Waals surface area contributed by atoms with Gasteiger partial charge in [0.15, 0.2) is 5.60 Å². The minimum absolute atomic E-state index is 0.0306. The number of hydrogen-bond acceptors (Lipinski definition) is 4. The van der Waals surface area contributed by atoms with Gasteiger partial charge in [0, 0.05) is 0 Å². The van der Waals surface area contributed by atoms with Crippen LogP contribution < -0.4 is 0 Å². The first-order valence-electron chi connectivity index (χ1n) is 7.28. The van der Waals surface area contributed by atoms with Crippen LogP contribution in [0.15, 0.2) is 0 Å². The fraction of sp³-hybridized carbons (Fsp3) is 0.875. The van der Waals surface area contributed by atoms with Crippen LogP contribution in [0.1, 0.15) is 60.8 Å². The maximum atomic E-state index is 12.7. The Hall–Kier alpha value is -1.06. The van der Waals surface area contributed by atoms with E-state index in [4.69, 9.17) is 9.47 Å². The molecule has 0 amide bonds. The second-order valence-corrected chi connectivity index (χ2v) is 8.56. The van der Waals surface area contributed by atoms with Crippen LogP contribution in [0.3, 0.4) is 0 Å². The largest absolute Gasteiger partial charge is 0.461 e. The molecule has 114 valence electrons. The van der Waals surface area contributed by atoms with Gasteiger partial charge in [-0.25, -0.2) is 0 Å². The average Bonchev–Trinajstić information content (AvgIpc) is 2.58. The third-order valence-electron chi connectivity index (χ3n) is 4.53. The second kappa shape index (κ2) is 4.22. The molecule has 2 atom stereocenters. The minimum Gasteiger partial charge on any atom is -0.461 e. The smallest absolute Gasteiger partial charge is 0.313 e. The summed E-state index contributed by atoms with van der Waals surface area (Å²) in [4.78, 5) is 23.9. The van der Waals surface area contributed by atoms with Crippen molar-refractivity contribution < 1.29 is 19.1 Å². The topological polar surface area (TPSA) is 52.6 Å². The first-order valence-corrected chi connectivity index (χ1v) is 7.28. The molecule has 20 heavy (non-hydrogen) atoms. The molecular formula is C16H26O4. The first kappa shape index (κ1) is 15.3. The number of esters is 2. The normalized spacial score (nSPS) is 35.6. The molecule has 0 radical (unpaired) electrons. The van der Waals surface area contributed by atoms with Crippen molar-refractivity contribution in [2.24, 2.45) is 16.2 Å². The molecule has 0 aromatic rings. The Kier molecular flexibility index (Phi) is 3.23. The van der Waals surface area contributed by atoms with Crippen LogP contribution >= 0.6 is 0 Å². The molecule has 1 heterocycles. The molecule has 2 fully saturated rings. The summed E-state index contributed by atoms with van der Waals surface area (Å²) in [5, 5.41) is 0. The van der Waals surface area contributed by atoms with E-state index in [0.717, 1.165) is 12.8 Å². The molecular weight excluding hydrogens is 256 g/mol. The zero-order valence-electron chi connectivity index (χ0n) is 13.5. The molecule has 0 aromatic carbocycles. The lowest BCUT2D eigenvalue weighted by atomic mass is 9.79. The van der Waals surface area contributed by atoms with Gasteiger partial charge in [-0.3, -0.25) is 9.59 Å². The van der Waals surface area contributed by atoms with Crippen LogP contribution in [-0.2, 0) is 19.1 Å². The van der Waals surface area contributed by atoms with Gasteiger partial charge >= 0.3 is 11.9 Å². The maximum Gasteiger partial charge on any atom is 0.313 e. The lowest BCUT2D eigenvalue weighted by Crippen LogP contribution is -2.38. The minimum atomic E-state index is -0.794. The quantitative estimate of drug-likeness (QED) is 0.746. The number of rotatable bonds is 3. The van der Waals surface area contributed by atoms with E-state index < -0.39 is 11.0 Å². The van der Waals surface area contributed by atoms with Crippen LogP contribution in [-0.4, -0.2) is 24.1 Å². The van der Waals surface area contributed by atoms with Crippen molar-refractivity contribution in [1.82, 2.24) is 0 Å². The summed E-state index contributed by atoms with van der Waals surface area (Å²) in [7, 11) is 0. The first-order chi connectivity index (χ1) is 8.89. The highest BCUT2D eigenvalue weighted by molar-refractivity contribution is 5.83. The lowest BCUT2D eigenvalue weighted by Gasteiger charge is -2.30. The molecule has 1 saturated carbocycles. The fourth-order valence-electron chi connectivity index (χ4n) is 3.37. The van der Waals surface area contributed by atoms with Crippen molar-refractivity contribution in [3.63, 3.8) is 0 Å². The summed E-state index contributed by atoms with van der Waals surface area (Å²) in [6.45, 7) is 12.6. The van der Waals surface area contributed by atoms with Gasteiger partial charge in [0.2, 0.25) is 0 Å². The molecule has 0 N–H and O–H groups in total. The molecule has 1 saturated heterocycles. The van der Waals surface area contributed by atoms with Gasteiger partial charge in [-0.15, -0.1) is 0 Å². The fourth-order valence-corrected chi connectivity index (χ4v) is 3.37. The standard InChI is InChI=1S/C16H26O4/c1-13(2,3)8-16(9-14(16,4)5)12(18)20-15(6)7-11(17)19-10-15/h7-10H2,1-6H3. The molecule has 4 nitrogen and oxygen atoms in total. The summed E-state index contributed by atoms with van der Waals surface area (Å²) >= 11 is 0. The molecule has 1 aliphatic carbocycles. The summed E-state index contributed by atoms with van der Waals surface area (Å²) in [6.07, 6.45) is 1.81. The summed E-state index contributed by atoms with van der Waals surface area (Å²) in [6, 6.07) is 0. The van der Waals surface area contributed by atoms with Crippen molar-refractivity contribution in [2.45, 2.75) is 66.4 Å². The summed E-state index contributed by atoms with van der Waals surface area (Å²) in [5.74, 6) is -0.460. The molecule has 0 spiro atoms. The van der Waals surface area contributed by atoms with Crippen LogP contribution in [0.2, 0.25) is 0 Å². The van der Waals surface area contributed by atoms with Crippen LogP contribution in [0.4, 0.5) is 0 Å². The Morgan fingerprint density at radius 3 is 2.20 bits per heavy atom. The number of carbonyl (C=O) groups is 2.